The van der Waals surface area contributed by atoms with Crippen molar-refractivity contribution < 1.29 is 74.7 Å². The summed E-state index contributed by atoms with van der Waals surface area (Å²) >= 11 is 0. The molecule has 0 amide bonds. The number of aliphatic hydroxyl groups is 10. The van der Waals surface area contributed by atoms with Crippen LogP contribution in [-0.2, 0) is 23.7 Å². The molecule has 3 heterocycles. The topological polar surface area (TPSA) is 248 Å². The molecular weight excluding hydrogens is 444 g/mol. The molecule has 0 aromatic heterocycles. The van der Waals surface area contributed by atoms with Crippen LogP contribution in [0.4, 0.5) is 0 Å². The average molecular weight is 474 g/mol. The van der Waals surface area contributed by atoms with Gasteiger partial charge in [0, 0.05) is 0 Å². The van der Waals surface area contributed by atoms with Crippen molar-refractivity contribution in [1.82, 2.24) is 0 Å². The lowest BCUT2D eigenvalue weighted by Crippen LogP contribution is -2.64. The summed E-state index contributed by atoms with van der Waals surface area (Å²) in [7, 11) is 0. The summed E-state index contributed by atoms with van der Waals surface area (Å²) in [6, 6.07) is 0. The van der Waals surface area contributed by atoms with Gasteiger partial charge < -0.3 is 74.7 Å². The van der Waals surface area contributed by atoms with Gasteiger partial charge in [-0.1, -0.05) is 0 Å². The fraction of sp³-hybridized carbons (Fsp3) is 1.00. The zero-order chi connectivity index (χ0) is 23.7. The highest BCUT2D eigenvalue weighted by Gasteiger charge is 2.50. The molecule has 0 spiro atoms. The molecule has 15 nitrogen and oxygen atoms in total. The minimum Gasteiger partial charge on any atom is -0.394 e. The molecule has 0 saturated carbocycles. The van der Waals surface area contributed by atoms with Crippen LogP contribution in [0.25, 0.3) is 0 Å². The fourth-order valence-electron chi connectivity index (χ4n) is 3.73. The van der Waals surface area contributed by atoms with Crippen LogP contribution in [0.3, 0.4) is 0 Å². The van der Waals surface area contributed by atoms with Gasteiger partial charge in [0.25, 0.3) is 0 Å². The van der Waals surface area contributed by atoms with Gasteiger partial charge in [-0.3, -0.25) is 0 Å². The molecule has 188 valence electrons. The zero-order valence-corrected chi connectivity index (χ0v) is 16.7. The van der Waals surface area contributed by atoms with E-state index in [1.165, 1.54) is 0 Å². The number of ether oxygens (including phenoxy) is 5. The molecule has 0 aromatic rings. The second-order valence-corrected chi connectivity index (χ2v) is 7.88. The predicted octanol–water partition coefficient (Wildman–Crippen LogP) is -6.93. The third-order valence-electron chi connectivity index (χ3n) is 5.73. The molecule has 3 aliphatic rings. The number of hydrogen-bond acceptors (Lipinski definition) is 15. The van der Waals surface area contributed by atoms with E-state index in [-0.39, 0.29) is 0 Å². The summed E-state index contributed by atoms with van der Waals surface area (Å²) in [4.78, 5) is 0. The molecule has 14 atom stereocenters. The highest BCUT2D eigenvalue weighted by atomic mass is 16.7. The maximum absolute atomic E-state index is 10.4. The van der Waals surface area contributed by atoms with E-state index in [9.17, 15) is 46.0 Å². The lowest BCUT2D eigenvalue weighted by atomic mass is 9.98. The number of hydrogen-bond donors (Lipinski definition) is 10. The highest BCUT2D eigenvalue weighted by Crippen LogP contribution is 2.29. The van der Waals surface area contributed by atoms with E-state index in [0.717, 1.165) is 0 Å². The second kappa shape index (κ2) is 10.8. The van der Waals surface area contributed by atoms with Gasteiger partial charge in [-0.05, 0) is 0 Å². The Hall–Kier alpha value is -0.600. The molecule has 3 aliphatic heterocycles. The van der Waals surface area contributed by atoms with Gasteiger partial charge >= 0.3 is 0 Å². The fourth-order valence-corrected chi connectivity index (χ4v) is 3.73. The van der Waals surface area contributed by atoms with Crippen molar-refractivity contribution in [2.75, 3.05) is 19.8 Å². The van der Waals surface area contributed by atoms with Gasteiger partial charge in [-0.2, -0.15) is 0 Å². The Labute approximate surface area is 181 Å². The van der Waals surface area contributed by atoms with Crippen LogP contribution in [-0.4, -0.2) is 157 Å². The third kappa shape index (κ3) is 5.07. The maximum atomic E-state index is 10.4. The van der Waals surface area contributed by atoms with Crippen LogP contribution in [0.5, 0.6) is 0 Å². The molecule has 0 aliphatic carbocycles. The van der Waals surface area contributed by atoms with Crippen molar-refractivity contribution in [2.45, 2.75) is 86.0 Å². The molecule has 15 heteroatoms. The first-order valence-electron chi connectivity index (χ1n) is 10.00. The van der Waals surface area contributed by atoms with Crippen LogP contribution in [0.2, 0.25) is 0 Å². The van der Waals surface area contributed by atoms with Gasteiger partial charge in [-0.15, -0.1) is 0 Å². The van der Waals surface area contributed by atoms with Crippen molar-refractivity contribution in [1.29, 1.82) is 0 Å². The van der Waals surface area contributed by atoms with Crippen LogP contribution in [0.1, 0.15) is 0 Å². The smallest absolute Gasteiger partial charge is 0.187 e. The zero-order valence-electron chi connectivity index (χ0n) is 16.7. The lowest BCUT2D eigenvalue weighted by molar-refractivity contribution is -0.367. The first-order valence-corrected chi connectivity index (χ1v) is 10.00. The monoisotopic (exact) mass is 474 g/mol. The van der Waals surface area contributed by atoms with E-state index in [1.54, 1.807) is 0 Å². The van der Waals surface area contributed by atoms with Crippen LogP contribution in [0.15, 0.2) is 0 Å². The van der Waals surface area contributed by atoms with Gasteiger partial charge in [0.15, 0.2) is 18.9 Å². The third-order valence-corrected chi connectivity index (χ3v) is 5.73. The lowest BCUT2D eigenvalue weighted by Gasteiger charge is -2.45. The Morgan fingerprint density at radius 2 is 1.16 bits per heavy atom. The second-order valence-electron chi connectivity index (χ2n) is 7.88. The van der Waals surface area contributed by atoms with Crippen molar-refractivity contribution in [3.8, 4) is 0 Å². The summed E-state index contributed by atoms with van der Waals surface area (Å²) in [5.74, 6) is 0. The minimum atomic E-state index is -1.80. The molecule has 3 saturated heterocycles. The van der Waals surface area contributed by atoms with Gasteiger partial charge in [-0.25, -0.2) is 0 Å². The van der Waals surface area contributed by atoms with E-state index in [4.69, 9.17) is 28.8 Å². The number of rotatable bonds is 6. The minimum absolute atomic E-state index is 0.445. The molecule has 3 fully saturated rings. The summed E-state index contributed by atoms with van der Waals surface area (Å²) in [5.41, 5.74) is 0. The molecule has 0 bridgehead atoms. The summed E-state index contributed by atoms with van der Waals surface area (Å²) in [6.07, 6.45) is -22.3. The Morgan fingerprint density at radius 3 is 1.78 bits per heavy atom. The Morgan fingerprint density at radius 1 is 0.594 bits per heavy atom. The first-order chi connectivity index (χ1) is 15.1. The summed E-state index contributed by atoms with van der Waals surface area (Å²) in [5, 5.41) is 98.7. The molecular formula is C17H30O15. The molecule has 1 unspecified atom stereocenters. The van der Waals surface area contributed by atoms with E-state index in [1.807, 2.05) is 0 Å². The molecule has 0 radical (unpaired) electrons. The van der Waals surface area contributed by atoms with Gasteiger partial charge in [0.05, 0.1) is 19.8 Å². The van der Waals surface area contributed by atoms with Crippen molar-refractivity contribution in [3.63, 3.8) is 0 Å². The summed E-state index contributed by atoms with van der Waals surface area (Å²) in [6.45, 7) is -1.82. The number of aliphatic hydroxyl groups excluding tert-OH is 10. The van der Waals surface area contributed by atoms with E-state index >= 15 is 0 Å². The Kier molecular flexibility index (Phi) is 8.75. The normalized spacial score (nSPS) is 52.7. The van der Waals surface area contributed by atoms with Gasteiger partial charge in [0.1, 0.15) is 67.1 Å². The summed E-state index contributed by atoms with van der Waals surface area (Å²) < 4.78 is 26.1. The van der Waals surface area contributed by atoms with Crippen LogP contribution in [0, 0.1) is 0 Å². The molecule has 0 aromatic carbocycles. The van der Waals surface area contributed by atoms with E-state index in [2.05, 4.69) is 0 Å². The van der Waals surface area contributed by atoms with E-state index in [0.29, 0.717) is 0 Å². The van der Waals surface area contributed by atoms with Crippen molar-refractivity contribution >= 4 is 0 Å². The highest BCUT2D eigenvalue weighted by molar-refractivity contribution is 4.93. The molecule has 10 N–H and O–H groups in total. The molecule has 32 heavy (non-hydrogen) atoms. The predicted molar refractivity (Wildman–Crippen MR) is 95.2 cm³/mol. The Bertz CT molecular complexity index is 594. The first kappa shape index (κ1) is 26.0. The molecule has 3 rings (SSSR count). The van der Waals surface area contributed by atoms with Crippen LogP contribution < -0.4 is 0 Å². The average Bonchev–Trinajstić information content (AvgIpc) is 2.78. The quantitative estimate of drug-likeness (QED) is 0.172. The SMILES string of the molecule is OC[C@H]1O[C@H](O[C@@H]2CO[C@@H](O[C@H]3C(O)O[C@H](CO)[C@@H](O)[C@@H]3O)[C@H](O)[C@H]2O)[C@H](O)[C@@H](O)[C@@H]1O. The Balaban J connectivity index is 1.60. The maximum Gasteiger partial charge on any atom is 0.187 e. The van der Waals surface area contributed by atoms with Gasteiger partial charge in [0.2, 0.25) is 0 Å². The largest absolute Gasteiger partial charge is 0.394 e. The van der Waals surface area contributed by atoms with Crippen molar-refractivity contribution in [3.05, 3.63) is 0 Å². The van der Waals surface area contributed by atoms with E-state index < -0.39 is 106 Å². The standard InChI is InChI=1S/C17H30O15/c18-1-4-8(21)11(24)14(15(27)29-4)32-16-12(25)9(22)6(3-28-16)31-17-13(26)10(23)7(20)5(2-19)30-17/h4-27H,1-3H2/t4-,5-,6-,7-,8-,9+,10+,11+,12-,13-,14-,15?,16+,17-/m1/s1. The van der Waals surface area contributed by atoms with Crippen molar-refractivity contribution in [2.24, 2.45) is 0 Å². The van der Waals surface area contributed by atoms with Crippen LogP contribution >= 0.6 is 0 Å².